The van der Waals surface area contributed by atoms with Gasteiger partial charge in [0.05, 0.1) is 6.54 Å². The maximum Gasteiger partial charge on any atom is 0.408 e. The first kappa shape index (κ1) is 23.3. The molecule has 0 spiro atoms. The summed E-state index contributed by atoms with van der Waals surface area (Å²) in [6.45, 7) is 6.20. The lowest BCUT2D eigenvalue weighted by Gasteiger charge is -2.26. The first-order valence-electron chi connectivity index (χ1n) is 10.8. The largest absolute Gasteiger partial charge is 0.489 e. The summed E-state index contributed by atoms with van der Waals surface area (Å²) in [6, 6.07) is 16.5. The van der Waals surface area contributed by atoms with E-state index in [1.165, 1.54) is 4.90 Å². The van der Waals surface area contributed by atoms with Gasteiger partial charge in [-0.25, -0.2) is 4.79 Å². The first-order valence-corrected chi connectivity index (χ1v) is 10.8. The van der Waals surface area contributed by atoms with Crippen molar-refractivity contribution < 1.29 is 23.9 Å². The number of ketones is 1. The summed E-state index contributed by atoms with van der Waals surface area (Å²) >= 11 is 0. The van der Waals surface area contributed by atoms with E-state index < -0.39 is 17.7 Å². The third kappa shape index (κ3) is 7.11. The lowest BCUT2D eigenvalue weighted by atomic mass is 10.0. The molecule has 0 aromatic heterocycles. The fourth-order valence-corrected chi connectivity index (χ4v) is 3.39. The van der Waals surface area contributed by atoms with E-state index in [1.54, 1.807) is 20.8 Å². The van der Waals surface area contributed by atoms with Crippen LogP contribution >= 0.6 is 0 Å². The first-order chi connectivity index (χ1) is 15.2. The summed E-state index contributed by atoms with van der Waals surface area (Å²) in [6.07, 6.45) is -0.0377. The molecule has 1 saturated heterocycles. The Balaban J connectivity index is 1.65. The van der Waals surface area contributed by atoms with Crippen LogP contribution in [-0.2, 0) is 27.4 Å². The number of nitrogens with zero attached hydrogens (tertiary/aromatic N) is 1. The highest BCUT2D eigenvalue weighted by molar-refractivity contribution is 5.93. The molecule has 1 fully saturated rings. The van der Waals surface area contributed by atoms with Gasteiger partial charge in [0.1, 0.15) is 24.0 Å². The van der Waals surface area contributed by atoms with Crippen molar-refractivity contribution >= 4 is 17.8 Å². The van der Waals surface area contributed by atoms with E-state index in [2.05, 4.69) is 5.32 Å². The molecule has 0 aliphatic carbocycles. The van der Waals surface area contributed by atoms with Gasteiger partial charge in [0.2, 0.25) is 5.91 Å². The molecule has 0 unspecified atom stereocenters. The van der Waals surface area contributed by atoms with Crippen LogP contribution in [0.3, 0.4) is 0 Å². The Hall–Kier alpha value is -3.35. The highest BCUT2D eigenvalue weighted by atomic mass is 16.6. The second-order valence-corrected chi connectivity index (χ2v) is 8.87. The molecule has 1 N–H and O–H groups in total. The number of hydrogen-bond donors (Lipinski definition) is 1. The van der Waals surface area contributed by atoms with Gasteiger partial charge in [0.25, 0.3) is 0 Å². The molecule has 1 aliphatic heterocycles. The van der Waals surface area contributed by atoms with Gasteiger partial charge in [-0.2, -0.15) is 0 Å². The van der Waals surface area contributed by atoms with E-state index in [-0.39, 0.29) is 24.7 Å². The SMILES string of the molecule is CC(C)(C)OC(=O)N[C@@H](Cc1ccc(OCc2ccccc2)cc1)C(=O)N1CCC(=O)C1. The van der Waals surface area contributed by atoms with Crippen molar-refractivity contribution in [2.45, 2.75) is 51.9 Å². The second-order valence-electron chi connectivity index (χ2n) is 8.87. The Morgan fingerprint density at radius 3 is 2.31 bits per heavy atom. The van der Waals surface area contributed by atoms with Gasteiger partial charge in [-0.3, -0.25) is 9.59 Å². The molecule has 1 atom stereocenters. The molecule has 3 rings (SSSR count). The minimum Gasteiger partial charge on any atom is -0.489 e. The molecule has 1 heterocycles. The van der Waals surface area contributed by atoms with E-state index in [9.17, 15) is 14.4 Å². The molecular formula is C25H30N2O5. The molecular weight excluding hydrogens is 408 g/mol. The maximum atomic E-state index is 13.0. The summed E-state index contributed by atoms with van der Waals surface area (Å²) in [5, 5.41) is 2.68. The van der Waals surface area contributed by atoms with E-state index in [0.717, 1.165) is 11.1 Å². The van der Waals surface area contributed by atoms with E-state index >= 15 is 0 Å². The van der Waals surface area contributed by atoms with Gasteiger partial charge in [-0.15, -0.1) is 0 Å². The second kappa shape index (κ2) is 10.3. The molecule has 2 aromatic carbocycles. The van der Waals surface area contributed by atoms with Crippen LogP contribution in [0.25, 0.3) is 0 Å². The number of rotatable bonds is 7. The fourth-order valence-electron chi connectivity index (χ4n) is 3.39. The van der Waals surface area contributed by atoms with Crippen LogP contribution in [0.5, 0.6) is 5.75 Å². The van der Waals surface area contributed by atoms with Crippen molar-refractivity contribution in [2.75, 3.05) is 13.1 Å². The van der Waals surface area contributed by atoms with Crippen LogP contribution in [0.2, 0.25) is 0 Å². The molecule has 2 amide bonds. The molecule has 1 aliphatic rings. The predicted molar refractivity (Wildman–Crippen MR) is 120 cm³/mol. The molecule has 0 saturated carbocycles. The average Bonchev–Trinajstić information content (AvgIpc) is 3.18. The molecule has 0 radical (unpaired) electrons. The average molecular weight is 439 g/mol. The van der Waals surface area contributed by atoms with Gasteiger partial charge < -0.3 is 19.7 Å². The third-order valence-corrected chi connectivity index (χ3v) is 4.94. The monoisotopic (exact) mass is 438 g/mol. The number of nitrogens with one attached hydrogen (secondary N) is 1. The normalized spacial score (nSPS) is 14.7. The van der Waals surface area contributed by atoms with Crippen LogP contribution in [0.15, 0.2) is 54.6 Å². The van der Waals surface area contributed by atoms with Crippen molar-refractivity contribution in [3.8, 4) is 5.75 Å². The number of benzene rings is 2. The lowest BCUT2D eigenvalue weighted by Crippen LogP contribution is -2.50. The summed E-state index contributed by atoms with van der Waals surface area (Å²) in [5.74, 6) is 0.450. The zero-order valence-electron chi connectivity index (χ0n) is 18.8. The Bertz CT molecular complexity index is 935. The number of likely N-dealkylation sites (tertiary alicyclic amines) is 1. The quantitative estimate of drug-likeness (QED) is 0.715. The molecule has 0 bridgehead atoms. The van der Waals surface area contributed by atoms with Crippen LogP contribution in [0, 0.1) is 0 Å². The van der Waals surface area contributed by atoms with Gasteiger partial charge in [-0.1, -0.05) is 42.5 Å². The fraction of sp³-hybridized carbons (Fsp3) is 0.400. The summed E-state index contributed by atoms with van der Waals surface area (Å²) in [5.41, 5.74) is 1.25. The number of carbonyl (C=O) groups is 3. The Kier molecular flexibility index (Phi) is 7.51. The maximum absolute atomic E-state index is 13.0. The van der Waals surface area contributed by atoms with E-state index in [4.69, 9.17) is 9.47 Å². The van der Waals surface area contributed by atoms with Crippen molar-refractivity contribution in [2.24, 2.45) is 0 Å². The smallest absolute Gasteiger partial charge is 0.408 e. The van der Waals surface area contributed by atoms with Gasteiger partial charge >= 0.3 is 6.09 Å². The number of carbonyl (C=O) groups excluding carboxylic acids is 3. The summed E-state index contributed by atoms with van der Waals surface area (Å²) < 4.78 is 11.1. The standard InChI is InChI=1S/C25H30N2O5/c1-25(2,3)32-24(30)26-22(23(29)27-14-13-20(28)16-27)15-18-9-11-21(12-10-18)31-17-19-7-5-4-6-8-19/h4-12,22H,13-17H2,1-3H3,(H,26,30)/t22-/m0/s1. The summed E-state index contributed by atoms with van der Waals surface area (Å²) in [4.78, 5) is 38.4. The number of Topliss-reactive ketones (excluding diaryl/α,β-unsaturated/α-hetero) is 1. The van der Waals surface area contributed by atoms with E-state index in [0.29, 0.717) is 25.3 Å². The third-order valence-electron chi connectivity index (χ3n) is 4.94. The highest BCUT2D eigenvalue weighted by Crippen LogP contribution is 2.17. The van der Waals surface area contributed by atoms with Crippen molar-refractivity contribution in [1.29, 1.82) is 0 Å². The van der Waals surface area contributed by atoms with Crippen LogP contribution in [-0.4, -0.2) is 47.4 Å². The minimum absolute atomic E-state index is 0.0225. The van der Waals surface area contributed by atoms with Gasteiger partial charge in [0, 0.05) is 19.4 Å². The predicted octanol–water partition coefficient (Wildman–Crippen LogP) is 3.50. The Morgan fingerprint density at radius 2 is 1.72 bits per heavy atom. The van der Waals surface area contributed by atoms with Crippen LogP contribution < -0.4 is 10.1 Å². The van der Waals surface area contributed by atoms with Crippen LogP contribution in [0.4, 0.5) is 4.79 Å². The summed E-state index contributed by atoms with van der Waals surface area (Å²) in [7, 11) is 0. The van der Waals surface area contributed by atoms with Gasteiger partial charge in [-0.05, 0) is 44.0 Å². The number of amides is 2. The molecule has 7 nitrogen and oxygen atoms in total. The molecule has 2 aromatic rings. The van der Waals surface area contributed by atoms with Crippen molar-refractivity contribution in [1.82, 2.24) is 10.2 Å². The Morgan fingerprint density at radius 1 is 1.03 bits per heavy atom. The van der Waals surface area contributed by atoms with E-state index in [1.807, 2.05) is 54.6 Å². The number of alkyl carbamates (subject to hydrolysis) is 1. The van der Waals surface area contributed by atoms with Crippen molar-refractivity contribution in [3.63, 3.8) is 0 Å². The molecule has 32 heavy (non-hydrogen) atoms. The zero-order valence-corrected chi connectivity index (χ0v) is 18.8. The topological polar surface area (TPSA) is 84.9 Å². The van der Waals surface area contributed by atoms with Crippen molar-refractivity contribution in [3.05, 3.63) is 65.7 Å². The lowest BCUT2D eigenvalue weighted by molar-refractivity contribution is -0.133. The number of ether oxygens (including phenoxy) is 2. The molecule has 170 valence electrons. The highest BCUT2D eigenvalue weighted by Gasteiger charge is 2.32. The molecule has 7 heteroatoms. The van der Waals surface area contributed by atoms with Crippen LogP contribution in [0.1, 0.15) is 38.3 Å². The zero-order chi connectivity index (χ0) is 23.1. The minimum atomic E-state index is -0.827. The number of hydrogen-bond acceptors (Lipinski definition) is 5. The van der Waals surface area contributed by atoms with Gasteiger partial charge in [0.15, 0.2) is 5.78 Å². The Labute approximate surface area is 188 Å².